The molecule has 3 fully saturated rings. The lowest BCUT2D eigenvalue weighted by Crippen LogP contribution is -2.57. The van der Waals surface area contributed by atoms with Gasteiger partial charge in [0.25, 0.3) is 5.91 Å². The van der Waals surface area contributed by atoms with Gasteiger partial charge in [-0.25, -0.2) is 4.98 Å². The minimum absolute atomic E-state index is 0.181. The molecule has 5 rings (SSSR count). The van der Waals surface area contributed by atoms with Crippen LogP contribution < -0.4 is 5.32 Å². The molecule has 2 aromatic rings. The molecule has 0 saturated carbocycles. The fraction of sp³-hybridized carbons (Fsp3) is 0.500. The van der Waals surface area contributed by atoms with Crippen molar-refractivity contribution in [3.63, 3.8) is 0 Å². The predicted octanol–water partition coefficient (Wildman–Crippen LogP) is 0.921. The van der Waals surface area contributed by atoms with Crippen LogP contribution in [0.15, 0.2) is 12.1 Å². The third-order valence-electron chi connectivity index (χ3n) is 4.58. The Hall–Kier alpha value is -2.02. The summed E-state index contributed by atoms with van der Waals surface area (Å²) in [4.78, 5) is 18.5. The Kier molecular flexibility index (Phi) is 2.88. The van der Waals surface area contributed by atoms with Crippen molar-refractivity contribution in [3.05, 3.63) is 23.8 Å². The van der Waals surface area contributed by atoms with Gasteiger partial charge in [0.15, 0.2) is 11.3 Å². The van der Waals surface area contributed by atoms with Gasteiger partial charge in [-0.05, 0) is 44.0 Å². The number of hydrogen-bond donors (Lipinski definition) is 2. The highest BCUT2D eigenvalue weighted by Gasteiger charge is 2.35. The highest BCUT2D eigenvalue weighted by Crippen LogP contribution is 2.27. The Bertz CT molecular complexity index is 692. The van der Waals surface area contributed by atoms with Crippen molar-refractivity contribution in [1.82, 2.24) is 25.4 Å². The van der Waals surface area contributed by atoms with Crippen LogP contribution in [0.25, 0.3) is 11.0 Å². The molecule has 0 spiro atoms. The summed E-state index contributed by atoms with van der Waals surface area (Å²) in [6.45, 7) is 3.17. The number of halogens is 1. The van der Waals surface area contributed by atoms with Gasteiger partial charge in [-0.2, -0.15) is 9.49 Å². The Balaban J connectivity index is 1.56. The van der Waals surface area contributed by atoms with Crippen LogP contribution >= 0.6 is 0 Å². The van der Waals surface area contributed by atoms with Crippen molar-refractivity contribution in [2.75, 3.05) is 19.6 Å². The average molecular weight is 289 g/mol. The van der Waals surface area contributed by atoms with E-state index in [-0.39, 0.29) is 17.6 Å². The molecule has 1 atom stereocenters. The second kappa shape index (κ2) is 4.77. The standard InChI is InChI=1S/C14H16FN5O/c15-11-2-1-9-12(18-19-13(9)17-11)14(21)16-10-7-20-5-3-8(10)4-6-20/h1-2,8,10H,3-7H2,(H,16,21)(H,17,18,19)/t10-/m1/s1. The molecule has 1 amide bonds. The van der Waals surface area contributed by atoms with Gasteiger partial charge in [-0.1, -0.05) is 0 Å². The summed E-state index contributed by atoms with van der Waals surface area (Å²) in [5, 5.41) is 10.2. The van der Waals surface area contributed by atoms with E-state index in [0.717, 1.165) is 32.5 Å². The van der Waals surface area contributed by atoms with Crippen molar-refractivity contribution >= 4 is 16.9 Å². The van der Waals surface area contributed by atoms with Crippen molar-refractivity contribution < 1.29 is 9.18 Å². The summed E-state index contributed by atoms with van der Waals surface area (Å²) >= 11 is 0. The molecule has 2 bridgehead atoms. The van der Waals surface area contributed by atoms with E-state index in [1.54, 1.807) is 0 Å². The normalized spacial score (nSPS) is 28.0. The summed E-state index contributed by atoms with van der Waals surface area (Å²) < 4.78 is 13.1. The molecule has 2 N–H and O–H groups in total. The number of carbonyl (C=O) groups is 1. The molecule has 5 heterocycles. The first-order valence-electron chi connectivity index (χ1n) is 7.24. The van der Waals surface area contributed by atoms with Crippen LogP contribution in [0.2, 0.25) is 0 Å². The number of amides is 1. The summed E-state index contributed by atoms with van der Waals surface area (Å²) in [6, 6.07) is 2.95. The molecule has 0 aromatic carbocycles. The van der Waals surface area contributed by atoms with Crippen molar-refractivity contribution in [1.29, 1.82) is 0 Å². The molecule has 3 aliphatic heterocycles. The van der Waals surface area contributed by atoms with E-state index in [1.807, 2.05) is 0 Å². The maximum absolute atomic E-state index is 13.1. The van der Waals surface area contributed by atoms with Gasteiger partial charge >= 0.3 is 0 Å². The lowest BCUT2D eigenvalue weighted by Gasteiger charge is -2.44. The Morgan fingerprint density at radius 3 is 2.90 bits per heavy atom. The quantitative estimate of drug-likeness (QED) is 0.806. The summed E-state index contributed by atoms with van der Waals surface area (Å²) in [5.41, 5.74) is 0.586. The molecular formula is C14H16FN5O. The molecular weight excluding hydrogens is 273 g/mol. The maximum Gasteiger partial charge on any atom is 0.272 e. The van der Waals surface area contributed by atoms with Crippen molar-refractivity contribution in [2.45, 2.75) is 18.9 Å². The van der Waals surface area contributed by atoms with Crippen LogP contribution in [0, 0.1) is 11.9 Å². The van der Waals surface area contributed by atoms with E-state index < -0.39 is 5.95 Å². The molecule has 0 unspecified atom stereocenters. The monoisotopic (exact) mass is 289 g/mol. The number of H-pyrrole nitrogens is 1. The third kappa shape index (κ3) is 2.17. The molecule has 21 heavy (non-hydrogen) atoms. The first-order valence-corrected chi connectivity index (χ1v) is 7.24. The van der Waals surface area contributed by atoms with Crippen LogP contribution in [0.1, 0.15) is 23.3 Å². The van der Waals surface area contributed by atoms with Crippen LogP contribution in [0.3, 0.4) is 0 Å². The average Bonchev–Trinajstić information content (AvgIpc) is 2.91. The minimum Gasteiger partial charge on any atom is -0.346 e. The lowest BCUT2D eigenvalue weighted by molar-refractivity contribution is 0.0618. The molecule has 7 heteroatoms. The van der Waals surface area contributed by atoms with E-state index in [9.17, 15) is 9.18 Å². The minimum atomic E-state index is -0.588. The van der Waals surface area contributed by atoms with Gasteiger partial charge in [0, 0.05) is 12.6 Å². The van der Waals surface area contributed by atoms with Crippen LogP contribution in [-0.2, 0) is 0 Å². The maximum atomic E-state index is 13.1. The fourth-order valence-corrected chi connectivity index (χ4v) is 3.42. The van der Waals surface area contributed by atoms with Crippen LogP contribution in [0.4, 0.5) is 4.39 Å². The van der Waals surface area contributed by atoms with E-state index in [1.165, 1.54) is 12.1 Å². The van der Waals surface area contributed by atoms with Gasteiger partial charge in [-0.3, -0.25) is 9.89 Å². The van der Waals surface area contributed by atoms with Gasteiger partial charge in [0.2, 0.25) is 5.95 Å². The largest absolute Gasteiger partial charge is 0.346 e. The number of fused-ring (bicyclic) bond motifs is 4. The second-order valence-electron chi connectivity index (χ2n) is 5.82. The molecule has 3 aliphatic rings. The predicted molar refractivity (Wildman–Crippen MR) is 74.3 cm³/mol. The smallest absolute Gasteiger partial charge is 0.272 e. The summed E-state index contributed by atoms with van der Waals surface area (Å²) in [6.07, 6.45) is 2.28. The topological polar surface area (TPSA) is 73.9 Å². The van der Waals surface area contributed by atoms with E-state index in [0.29, 0.717) is 17.0 Å². The number of aromatic amines is 1. The Labute approximate surface area is 120 Å². The first kappa shape index (κ1) is 12.7. The van der Waals surface area contributed by atoms with Gasteiger partial charge in [0.1, 0.15) is 0 Å². The summed E-state index contributed by atoms with van der Waals surface area (Å²) in [7, 11) is 0. The highest BCUT2D eigenvalue weighted by atomic mass is 19.1. The number of hydrogen-bond acceptors (Lipinski definition) is 4. The lowest BCUT2D eigenvalue weighted by atomic mass is 9.84. The van der Waals surface area contributed by atoms with Gasteiger partial charge < -0.3 is 10.2 Å². The number of rotatable bonds is 2. The number of carbonyl (C=O) groups excluding carboxylic acids is 1. The number of nitrogens with one attached hydrogen (secondary N) is 2. The zero-order chi connectivity index (χ0) is 14.4. The van der Waals surface area contributed by atoms with Gasteiger partial charge in [-0.15, -0.1) is 0 Å². The Morgan fingerprint density at radius 2 is 2.19 bits per heavy atom. The van der Waals surface area contributed by atoms with Crippen LogP contribution in [-0.4, -0.2) is 51.7 Å². The SMILES string of the molecule is O=C(N[C@@H]1CN2CCC1CC2)c1n[nH]c2nc(F)ccc12. The number of pyridine rings is 1. The third-order valence-corrected chi connectivity index (χ3v) is 4.58. The molecule has 3 saturated heterocycles. The molecule has 110 valence electrons. The van der Waals surface area contributed by atoms with E-state index in [2.05, 4.69) is 25.4 Å². The molecule has 6 nitrogen and oxygen atoms in total. The number of piperidine rings is 3. The molecule has 0 radical (unpaired) electrons. The van der Waals surface area contributed by atoms with Crippen LogP contribution in [0.5, 0.6) is 0 Å². The molecule has 2 aromatic heterocycles. The van der Waals surface area contributed by atoms with E-state index >= 15 is 0 Å². The zero-order valence-corrected chi connectivity index (χ0v) is 11.5. The van der Waals surface area contributed by atoms with E-state index in [4.69, 9.17) is 0 Å². The summed E-state index contributed by atoms with van der Waals surface area (Å²) in [5.74, 6) is -0.247. The second-order valence-corrected chi connectivity index (χ2v) is 5.82. The highest BCUT2D eigenvalue weighted by molar-refractivity contribution is 6.03. The fourth-order valence-electron chi connectivity index (χ4n) is 3.42. The van der Waals surface area contributed by atoms with Crippen molar-refractivity contribution in [2.24, 2.45) is 5.92 Å². The van der Waals surface area contributed by atoms with Gasteiger partial charge in [0.05, 0.1) is 5.39 Å². The first-order chi connectivity index (χ1) is 10.2. The number of aromatic nitrogens is 3. The molecule has 0 aliphatic carbocycles. The zero-order valence-electron chi connectivity index (χ0n) is 11.5. The Morgan fingerprint density at radius 1 is 1.38 bits per heavy atom. The van der Waals surface area contributed by atoms with Crippen molar-refractivity contribution in [3.8, 4) is 0 Å². The number of nitrogens with zero attached hydrogens (tertiary/aromatic N) is 3.